The molecule has 1 N–H and O–H groups in total. The molecule has 0 aliphatic heterocycles. The maximum absolute atomic E-state index is 13.4. The molecule has 4 nitrogen and oxygen atoms in total. The van der Waals surface area contributed by atoms with Crippen molar-refractivity contribution < 1.29 is 14.2 Å². The molecule has 1 aromatic carbocycles. The molecule has 0 saturated carbocycles. The van der Waals surface area contributed by atoms with Gasteiger partial charge in [0, 0.05) is 24.4 Å². The molecule has 1 atom stereocenters. The molecule has 19 heavy (non-hydrogen) atoms. The maximum Gasteiger partial charge on any atom is 0.125 e. The van der Waals surface area contributed by atoms with Gasteiger partial charge in [0.15, 0.2) is 0 Å². The minimum Gasteiger partial charge on any atom is -0.496 e. The molecular formula is C14H17FN2O2. The molecule has 0 aliphatic rings. The summed E-state index contributed by atoms with van der Waals surface area (Å²) < 4.78 is 20.2. The number of nitrogens with zero attached hydrogens (tertiary/aromatic N) is 2. The highest BCUT2D eigenvalue weighted by Gasteiger charge is 2.21. The van der Waals surface area contributed by atoms with Gasteiger partial charge in [0.05, 0.1) is 12.8 Å². The Kier molecular flexibility index (Phi) is 3.85. The summed E-state index contributed by atoms with van der Waals surface area (Å²) in [6, 6.07) is 4.10. The fraction of sp³-hybridized carbons (Fsp3) is 0.357. The zero-order chi connectivity index (χ0) is 14.0. The number of ether oxygens (including phenoxy) is 1. The number of aliphatic hydroxyl groups excluding tert-OH is 1. The highest BCUT2D eigenvalue weighted by molar-refractivity contribution is 5.41. The lowest BCUT2D eigenvalue weighted by Crippen LogP contribution is -2.04. The summed E-state index contributed by atoms with van der Waals surface area (Å²) in [6.07, 6.45) is 1.49. The third-order valence-corrected chi connectivity index (χ3v) is 3.05. The Bertz CT molecular complexity index is 581. The van der Waals surface area contributed by atoms with Gasteiger partial charge < -0.3 is 9.84 Å². The molecule has 0 bridgehead atoms. The zero-order valence-corrected chi connectivity index (χ0v) is 11.2. The van der Waals surface area contributed by atoms with E-state index in [-0.39, 0.29) is 0 Å². The van der Waals surface area contributed by atoms with Crippen LogP contribution in [0.15, 0.2) is 24.4 Å². The summed E-state index contributed by atoms with van der Waals surface area (Å²) in [5, 5.41) is 14.7. The van der Waals surface area contributed by atoms with Gasteiger partial charge >= 0.3 is 0 Å². The van der Waals surface area contributed by atoms with Crippen molar-refractivity contribution in [3.05, 3.63) is 47.0 Å². The summed E-state index contributed by atoms with van der Waals surface area (Å²) in [5.74, 6) is 0.0524. The second kappa shape index (κ2) is 5.40. The van der Waals surface area contributed by atoms with E-state index in [1.165, 1.54) is 25.3 Å². The summed E-state index contributed by atoms with van der Waals surface area (Å²) in [5.41, 5.74) is 1.88. The third-order valence-electron chi connectivity index (χ3n) is 3.05. The average Bonchev–Trinajstić information content (AvgIpc) is 2.79. The van der Waals surface area contributed by atoms with Gasteiger partial charge in [-0.2, -0.15) is 5.10 Å². The number of hydrogen-bond acceptors (Lipinski definition) is 3. The lowest BCUT2D eigenvalue weighted by atomic mass is 10.00. The molecule has 0 radical (unpaired) electrons. The Hall–Kier alpha value is -1.88. The van der Waals surface area contributed by atoms with Gasteiger partial charge in [-0.3, -0.25) is 4.68 Å². The molecule has 0 spiro atoms. The van der Waals surface area contributed by atoms with Crippen LogP contribution in [0.1, 0.15) is 29.8 Å². The Morgan fingerprint density at radius 2 is 2.16 bits per heavy atom. The lowest BCUT2D eigenvalue weighted by Gasteiger charge is -2.14. The zero-order valence-electron chi connectivity index (χ0n) is 11.2. The third kappa shape index (κ3) is 2.61. The highest BCUT2D eigenvalue weighted by atomic mass is 19.1. The number of rotatable bonds is 4. The Balaban J connectivity index is 2.48. The number of benzene rings is 1. The second-order valence-corrected chi connectivity index (χ2v) is 4.35. The van der Waals surface area contributed by atoms with Crippen LogP contribution in [0.3, 0.4) is 0 Å². The van der Waals surface area contributed by atoms with E-state index in [0.717, 1.165) is 5.69 Å². The van der Waals surface area contributed by atoms with Crippen LogP contribution in [0.25, 0.3) is 0 Å². The van der Waals surface area contributed by atoms with Gasteiger partial charge in [-0.1, -0.05) is 6.92 Å². The first-order valence-corrected chi connectivity index (χ1v) is 6.10. The molecule has 2 aromatic rings. The molecule has 2 rings (SSSR count). The van der Waals surface area contributed by atoms with Crippen LogP contribution in [0, 0.1) is 5.82 Å². The first-order valence-electron chi connectivity index (χ1n) is 6.10. The molecule has 1 unspecified atom stereocenters. The van der Waals surface area contributed by atoms with Gasteiger partial charge in [0.2, 0.25) is 0 Å². The predicted molar refractivity (Wildman–Crippen MR) is 69.6 cm³/mol. The van der Waals surface area contributed by atoms with E-state index < -0.39 is 11.9 Å². The van der Waals surface area contributed by atoms with Crippen molar-refractivity contribution in [2.75, 3.05) is 7.11 Å². The van der Waals surface area contributed by atoms with E-state index in [9.17, 15) is 9.50 Å². The van der Waals surface area contributed by atoms with E-state index in [1.54, 1.807) is 17.9 Å². The van der Waals surface area contributed by atoms with Gasteiger partial charge in [-0.25, -0.2) is 4.39 Å². The Labute approximate surface area is 111 Å². The van der Waals surface area contributed by atoms with Crippen molar-refractivity contribution >= 4 is 0 Å². The Morgan fingerprint density at radius 1 is 1.42 bits per heavy atom. The van der Waals surface area contributed by atoms with Crippen LogP contribution in [-0.2, 0) is 13.5 Å². The van der Waals surface area contributed by atoms with Crippen molar-refractivity contribution in [3.8, 4) is 5.75 Å². The fourth-order valence-corrected chi connectivity index (χ4v) is 2.14. The minimum absolute atomic E-state index is 0.406. The summed E-state index contributed by atoms with van der Waals surface area (Å²) in [6.45, 7) is 1.96. The Morgan fingerprint density at radius 3 is 2.79 bits per heavy atom. The molecule has 0 fully saturated rings. The van der Waals surface area contributed by atoms with Crippen molar-refractivity contribution in [3.63, 3.8) is 0 Å². The van der Waals surface area contributed by atoms with Crippen LogP contribution in [0.5, 0.6) is 5.75 Å². The summed E-state index contributed by atoms with van der Waals surface area (Å²) in [7, 11) is 3.28. The van der Waals surface area contributed by atoms with Crippen LogP contribution >= 0.6 is 0 Å². The van der Waals surface area contributed by atoms with E-state index in [0.29, 0.717) is 23.3 Å². The average molecular weight is 264 g/mol. The van der Waals surface area contributed by atoms with Crippen LogP contribution in [-0.4, -0.2) is 22.0 Å². The van der Waals surface area contributed by atoms with Crippen LogP contribution in [0.4, 0.5) is 4.39 Å². The van der Waals surface area contributed by atoms with E-state index >= 15 is 0 Å². The van der Waals surface area contributed by atoms with E-state index in [4.69, 9.17) is 4.74 Å². The van der Waals surface area contributed by atoms with Crippen molar-refractivity contribution in [1.29, 1.82) is 0 Å². The summed E-state index contributed by atoms with van der Waals surface area (Å²) in [4.78, 5) is 0. The number of aliphatic hydroxyl groups is 1. The van der Waals surface area contributed by atoms with E-state index in [1.807, 2.05) is 6.92 Å². The minimum atomic E-state index is -0.950. The van der Waals surface area contributed by atoms with Gasteiger partial charge in [-0.15, -0.1) is 0 Å². The quantitative estimate of drug-likeness (QED) is 0.921. The first kappa shape index (κ1) is 13.5. The van der Waals surface area contributed by atoms with Crippen molar-refractivity contribution in [2.24, 2.45) is 7.05 Å². The molecule has 0 aliphatic carbocycles. The standard InChI is InChI=1S/C14H17FN2O2/c1-4-12-11(8-17(2)16-12)14(18)10-7-9(15)5-6-13(10)19-3/h5-8,14,18H,4H2,1-3H3. The topological polar surface area (TPSA) is 47.3 Å². The second-order valence-electron chi connectivity index (χ2n) is 4.35. The largest absolute Gasteiger partial charge is 0.496 e. The first-order chi connectivity index (χ1) is 9.06. The number of aromatic nitrogens is 2. The van der Waals surface area contributed by atoms with Crippen LogP contribution in [0.2, 0.25) is 0 Å². The fourth-order valence-electron chi connectivity index (χ4n) is 2.14. The molecule has 1 heterocycles. The van der Waals surface area contributed by atoms with Crippen molar-refractivity contribution in [2.45, 2.75) is 19.4 Å². The monoisotopic (exact) mass is 264 g/mol. The predicted octanol–water partition coefficient (Wildman–Crippen LogP) is 2.21. The summed E-state index contributed by atoms with van der Waals surface area (Å²) >= 11 is 0. The molecule has 102 valence electrons. The normalized spacial score (nSPS) is 12.5. The number of methoxy groups -OCH3 is 1. The lowest BCUT2D eigenvalue weighted by molar-refractivity contribution is 0.213. The van der Waals surface area contributed by atoms with Crippen LogP contribution < -0.4 is 4.74 Å². The van der Waals surface area contributed by atoms with Gasteiger partial charge in [0.1, 0.15) is 17.7 Å². The number of aryl methyl sites for hydroxylation is 2. The molecule has 1 aromatic heterocycles. The van der Waals surface area contributed by atoms with Crippen molar-refractivity contribution in [1.82, 2.24) is 9.78 Å². The highest BCUT2D eigenvalue weighted by Crippen LogP contribution is 2.32. The smallest absolute Gasteiger partial charge is 0.125 e. The number of halogens is 1. The molecule has 0 saturated heterocycles. The molecule has 5 heteroatoms. The molecular weight excluding hydrogens is 247 g/mol. The van der Waals surface area contributed by atoms with Gasteiger partial charge in [-0.05, 0) is 24.6 Å². The number of hydrogen-bond donors (Lipinski definition) is 1. The van der Waals surface area contributed by atoms with E-state index in [2.05, 4.69) is 5.10 Å². The maximum atomic E-state index is 13.4. The van der Waals surface area contributed by atoms with Gasteiger partial charge in [0.25, 0.3) is 0 Å². The SMILES string of the molecule is CCc1nn(C)cc1C(O)c1cc(F)ccc1OC. The molecule has 0 amide bonds.